The Labute approximate surface area is 200 Å². The maximum Gasteiger partial charge on any atom is 0.279 e. The van der Waals surface area contributed by atoms with Crippen molar-refractivity contribution in [3.8, 4) is 16.7 Å². The molecule has 0 radical (unpaired) electrons. The van der Waals surface area contributed by atoms with Crippen LogP contribution in [-0.4, -0.2) is 22.5 Å². The molecule has 8 heteroatoms. The molecule has 1 aliphatic heterocycles. The van der Waals surface area contributed by atoms with Gasteiger partial charge in [-0.1, -0.05) is 53.3 Å². The van der Waals surface area contributed by atoms with Crippen LogP contribution in [0.5, 0.6) is 16.7 Å². The fraction of sp³-hybridized carbons (Fsp3) is 0.160. The molecule has 1 N–H and O–H groups in total. The summed E-state index contributed by atoms with van der Waals surface area (Å²) in [4.78, 5) is 21.1. The molecule has 0 saturated carbocycles. The van der Waals surface area contributed by atoms with E-state index in [-0.39, 0.29) is 5.91 Å². The minimum Gasteiger partial charge on any atom is -0.493 e. The molecule has 1 unspecified atom stereocenters. The first kappa shape index (κ1) is 21.4. The Morgan fingerprint density at radius 3 is 2.88 bits per heavy atom. The number of hydrogen-bond donors (Lipinski definition) is 1. The highest BCUT2D eigenvalue weighted by Gasteiger charge is 2.22. The van der Waals surface area contributed by atoms with Crippen molar-refractivity contribution in [2.24, 2.45) is 0 Å². The summed E-state index contributed by atoms with van der Waals surface area (Å²) in [6, 6.07) is 19.7. The van der Waals surface area contributed by atoms with Gasteiger partial charge in [0.05, 0.1) is 12.8 Å². The second-order valence-electron chi connectivity index (χ2n) is 7.65. The normalized spacial score (nSPS) is 14.8. The second kappa shape index (κ2) is 9.60. The number of halogens is 1. The predicted octanol–water partition coefficient (Wildman–Crippen LogP) is 5.63. The van der Waals surface area contributed by atoms with Gasteiger partial charge in [-0.3, -0.25) is 4.79 Å². The van der Waals surface area contributed by atoms with E-state index in [0.29, 0.717) is 40.0 Å². The minimum atomic E-state index is -0.222. The summed E-state index contributed by atoms with van der Waals surface area (Å²) in [5.74, 6) is 1.63. The second-order valence-corrected chi connectivity index (χ2v) is 9.03. The van der Waals surface area contributed by atoms with E-state index in [2.05, 4.69) is 27.4 Å². The Bertz CT molecular complexity index is 1280. The van der Waals surface area contributed by atoms with Crippen LogP contribution in [0, 0.1) is 0 Å². The minimum absolute atomic E-state index is 0.222. The molecule has 2 aromatic carbocycles. The van der Waals surface area contributed by atoms with Crippen molar-refractivity contribution in [1.29, 1.82) is 0 Å². The first-order valence-corrected chi connectivity index (χ1v) is 11.7. The molecule has 0 saturated heterocycles. The summed E-state index contributed by atoms with van der Waals surface area (Å²) in [5.41, 5.74) is 3.23. The van der Waals surface area contributed by atoms with Gasteiger partial charge in [-0.15, -0.1) is 0 Å². The van der Waals surface area contributed by atoms with Gasteiger partial charge in [0.25, 0.3) is 11.1 Å². The van der Waals surface area contributed by atoms with E-state index in [1.54, 1.807) is 18.3 Å². The molecule has 0 spiro atoms. The lowest BCUT2D eigenvalue weighted by atomic mass is 9.90. The summed E-state index contributed by atoms with van der Waals surface area (Å²) in [6.45, 7) is 1.01. The lowest BCUT2D eigenvalue weighted by Crippen LogP contribution is -2.21. The molecule has 1 amide bonds. The third-order valence-electron chi connectivity index (χ3n) is 5.37. The number of ether oxygens (including phenoxy) is 2. The number of benzene rings is 2. The largest absolute Gasteiger partial charge is 0.493 e. The first-order chi connectivity index (χ1) is 16.1. The fourth-order valence-electron chi connectivity index (χ4n) is 3.71. The number of fused-ring (bicyclic) bond motifs is 1. The SMILES string of the molecule is O=C(NCc1ccnc(Cl)c1)c1cnc(Oc2ccc3c(c2)CC(c2ccccc2)CO3)s1. The number of pyridine rings is 1. The maximum absolute atomic E-state index is 12.5. The van der Waals surface area contributed by atoms with E-state index in [0.717, 1.165) is 23.3 Å². The Kier molecular flexibility index (Phi) is 6.24. The van der Waals surface area contributed by atoms with Gasteiger partial charge < -0.3 is 14.8 Å². The van der Waals surface area contributed by atoms with Crippen LogP contribution in [0.2, 0.25) is 5.15 Å². The van der Waals surface area contributed by atoms with Crippen molar-refractivity contribution in [3.05, 3.63) is 99.8 Å². The monoisotopic (exact) mass is 477 g/mol. The molecule has 4 aromatic rings. The highest BCUT2D eigenvalue weighted by atomic mass is 35.5. The molecule has 0 fully saturated rings. The molecular weight excluding hydrogens is 458 g/mol. The van der Waals surface area contributed by atoms with Crippen LogP contribution >= 0.6 is 22.9 Å². The molecule has 1 atom stereocenters. The van der Waals surface area contributed by atoms with Crippen molar-refractivity contribution in [1.82, 2.24) is 15.3 Å². The van der Waals surface area contributed by atoms with Crippen LogP contribution in [0.15, 0.2) is 73.1 Å². The molecule has 33 heavy (non-hydrogen) atoms. The van der Waals surface area contributed by atoms with Gasteiger partial charge in [0.1, 0.15) is 21.5 Å². The van der Waals surface area contributed by atoms with E-state index >= 15 is 0 Å². The van der Waals surface area contributed by atoms with Crippen LogP contribution in [0.3, 0.4) is 0 Å². The van der Waals surface area contributed by atoms with Crippen LogP contribution in [-0.2, 0) is 13.0 Å². The van der Waals surface area contributed by atoms with Crippen LogP contribution < -0.4 is 14.8 Å². The maximum atomic E-state index is 12.5. The lowest BCUT2D eigenvalue weighted by Gasteiger charge is -2.26. The number of hydrogen-bond acceptors (Lipinski definition) is 6. The molecule has 6 nitrogen and oxygen atoms in total. The van der Waals surface area contributed by atoms with Gasteiger partial charge in [0, 0.05) is 18.7 Å². The topological polar surface area (TPSA) is 73.3 Å². The number of nitrogens with zero attached hydrogens (tertiary/aromatic N) is 2. The van der Waals surface area contributed by atoms with Gasteiger partial charge in [-0.05, 0) is 53.4 Å². The lowest BCUT2D eigenvalue weighted by molar-refractivity contribution is 0.0954. The highest BCUT2D eigenvalue weighted by Crippen LogP contribution is 2.36. The van der Waals surface area contributed by atoms with Crippen LogP contribution in [0.1, 0.15) is 32.3 Å². The average molecular weight is 478 g/mol. The van der Waals surface area contributed by atoms with Crippen molar-refractivity contribution in [2.45, 2.75) is 18.9 Å². The Balaban J connectivity index is 1.23. The number of amides is 1. The van der Waals surface area contributed by atoms with Crippen LogP contribution in [0.25, 0.3) is 0 Å². The summed E-state index contributed by atoms with van der Waals surface area (Å²) in [7, 11) is 0. The molecule has 1 aliphatic rings. The standard InChI is InChI=1S/C25H20ClN3O3S/c26-23-10-16(8-9-27-23)13-28-24(30)22-14-29-25(33-22)32-20-6-7-21-18(12-20)11-19(15-31-21)17-4-2-1-3-5-17/h1-10,12,14,19H,11,13,15H2,(H,28,30). The number of nitrogens with one attached hydrogen (secondary N) is 1. The van der Waals surface area contributed by atoms with Gasteiger partial charge in [-0.25, -0.2) is 9.97 Å². The van der Waals surface area contributed by atoms with Crippen LogP contribution in [0.4, 0.5) is 0 Å². The molecule has 5 rings (SSSR count). The Morgan fingerprint density at radius 2 is 2.03 bits per heavy atom. The molecule has 2 aromatic heterocycles. The third-order valence-corrected chi connectivity index (χ3v) is 6.45. The number of aromatic nitrogens is 2. The van der Waals surface area contributed by atoms with Gasteiger partial charge in [-0.2, -0.15) is 0 Å². The predicted molar refractivity (Wildman–Crippen MR) is 127 cm³/mol. The smallest absolute Gasteiger partial charge is 0.279 e. The van der Waals surface area contributed by atoms with Gasteiger partial charge in [0.15, 0.2) is 0 Å². The fourth-order valence-corrected chi connectivity index (χ4v) is 4.60. The summed E-state index contributed by atoms with van der Waals surface area (Å²) >= 11 is 7.08. The van der Waals surface area contributed by atoms with Crippen molar-refractivity contribution in [2.75, 3.05) is 6.61 Å². The molecule has 166 valence electrons. The number of carbonyl (C=O) groups is 1. The average Bonchev–Trinajstić information content (AvgIpc) is 3.31. The van der Waals surface area contributed by atoms with Crippen molar-refractivity contribution >= 4 is 28.8 Å². The first-order valence-electron chi connectivity index (χ1n) is 10.5. The zero-order chi connectivity index (χ0) is 22.6. The summed E-state index contributed by atoms with van der Waals surface area (Å²) in [5, 5.41) is 3.65. The quantitative estimate of drug-likeness (QED) is 0.364. The van der Waals surface area contributed by atoms with Gasteiger partial charge >= 0.3 is 0 Å². The zero-order valence-electron chi connectivity index (χ0n) is 17.5. The van der Waals surface area contributed by atoms with Crippen molar-refractivity contribution < 1.29 is 14.3 Å². The number of carbonyl (C=O) groups excluding carboxylic acids is 1. The van der Waals surface area contributed by atoms with E-state index in [1.807, 2.05) is 36.4 Å². The molecule has 0 bridgehead atoms. The Hall–Kier alpha value is -3.42. The van der Waals surface area contributed by atoms with E-state index < -0.39 is 0 Å². The zero-order valence-corrected chi connectivity index (χ0v) is 19.1. The number of rotatable bonds is 6. The number of thiazole rings is 1. The summed E-state index contributed by atoms with van der Waals surface area (Å²) < 4.78 is 11.9. The molecule has 0 aliphatic carbocycles. The summed E-state index contributed by atoms with van der Waals surface area (Å²) in [6.07, 6.45) is 4.00. The molecule has 3 heterocycles. The van der Waals surface area contributed by atoms with Gasteiger partial charge in [0.2, 0.25) is 0 Å². The third kappa shape index (κ3) is 5.16. The Morgan fingerprint density at radius 1 is 1.15 bits per heavy atom. The van der Waals surface area contributed by atoms with E-state index in [1.165, 1.54) is 23.1 Å². The van der Waals surface area contributed by atoms with Crippen molar-refractivity contribution in [3.63, 3.8) is 0 Å². The molecular formula is C25H20ClN3O3S. The van der Waals surface area contributed by atoms with E-state index in [9.17, 15) is 4.79 Å². The highest BCUT2D eigenvalue weighted by molar-refractivity contribution is 7.15. The van der Waals surface area contributed by atoms with E-state index in [4.69, 9.17) is 21.1 Å².